The van der Waals surface area contributed by atoms with E-state index in [9.17, 15) is 4.79 Å². The molecule has 2 aromatic rings. The van der Waals surface area contributed by atoms with Gasteiger partial charge in [-0.15, -0.1) is 0 Å². The van der Waals surface area contributed by atoms with Crippen molar-refractivity contribution in [3.8, 4) is 5.75 Å². The van der Waals surface area contributed by atoms with Gasteiger partial charge in [0.1, 0.15) is 10.9 Å². The summed E-state index contributed by atoms with van der Waals surface area (Å²) in [6, 6.07) is 9.37. The summed E-state index contributed by atoms with van der Waals surface area (Å²) in [7, 11) is 0. The number of carbonyl (C=O) groups is 1. The Balaban J connectivity index is 1.73. The van der Waals surface area contributed by atoms with Crippen molar-refractivity contribution >= 4 is 28.9 Å². The van der Waals surface area contributed by atoms with Crippen LogP contribution >= 0.6 is 11.6 Å². The summed E-state index contributed by atoms with van der Waals surface area (Å²) in [4.78, 5) is 15.5. The van der Waals surface area contributed by atoms with Gasteiger partial charge in [0.2, 0.25) is 0 Å². The van der Waals surface area contributed by atoms with E-state index >= 15 is 0 Å². The number of halogens is 1. The van der Waals surface area contributed by atoms with E-state index in [0.717, 1.165) is 16.9 Å². The van der Waals surface area contributed by atoms with Crippen molar-refractivity contribution < 1.29 is 9.53 Å². The molecular formula is C15H14ClN3O2. The van der Waals surface area contributed by atoms with Crippen LogP contribution < -0.4 is 15.4 Å². The second kappa shape index (κ2) is 5.61. The third-order valence-corrected chi connectivity index (χ3v) is 3.42. The van der Waals surface area contributed by atoms with Crippen LogP contribution in [0.25, 0.3) is 0 Å². The third kappa shape index (κ3) is 3.08. The predicted molar refractivity (Wildman–Crippen MR) is 81.9 cm³/mol. The Morgan fingerprint density at radius 3 is 3.05 bits per heavy atom. The van der Waals surface area contributed by atoms with Crippen LogP contribution in [0.4, 0.5) is 11.4 Å². The van der Waals surface area contributed by atoms with Gasteiger partial charge in [-0.1, -0.05) is 17.7 Å². The zero-order valence-electron chi connectivity index (χ0n) is 11.4. The molecule has 0 radical (unpaired) electrons. The van der Waals surface area contributed by atoms with Crippen LogP contribution in [0.1, 0.15) is 11.3 Å². The Bertz CT molecular complexity index is 703. The molecule has 0 atom stereocenters. The number of pyridine rings is 1. The molecule has 21 heavy (non-hydrogen) atoms. The van der Waals surface area contributed by atoms with Crippen molar-refractivity contribution in [1.82, 2.24) is 4.98 Å². The minimum Gasteiger partial charge on any atom is -0.482 e. The lowest BCUT2D eigenvalue weighted by Crippen LogP contribution is -2.25. The van der Waals surface area contributed by atoms with E-state index in [2.05, 4.69) is 15.6 Å². The van der Waals surface area contributed by atoms with Gasteiger partial charge in [-0.3, -0.25) is 4.79 Å². The minimum atomic E-state index is -0.134. The molecule has 2 heterocycles. The molecule has 1 aliphatic heterocycles. The van der Waals surface area contributed by atoms with E-state index in [1.165, 1.54) is 0 Å². The van der Waals surface area contributed by atoms with E-state index in [1.54, 1.807) is 6.07 Å². The Kier molecular flexibility index (Phi) is 3.66. The number of nitrogens with zero attached hydrogens (tertiary/aromatic N) is 1. The van der Waals surface area contributed by atoms with E-state index in [4.69, 9.17) is 16.3 Å². The number of aryl methyl sites for hydroxylation is 1. The second-order valence-electron chi connectivity index (χ2n) is 4.79. The van der Waals surface area contributed by atoms with Crippen LogP contribution in [-0.2, 0) is 11.3 Å². The number of anilines is 2. The fraction of sp³-hybridized carbons (Fsp3) is 0.200. The molecule has 1 aromatic heterocycles. The standard InChI is InChI=1S/C15H14ClN3O2/c1-9-11(3-5-14(16)18-9)17-7-10-2-4-13-12(6-10)19-15(20)8-21-13/h2-6,17H,7-8H2,1H3,(H,19,20). The molecular weight excluding hydrogens is 290 g/mol. The zero-order chi connectivity index (χ0) is 14.8. The number of hydrogen-bond acceptors (Lipinski definition) is 4. The largest absolute Gasteiger partial charge is 0.482 e. The molecule has 1 aliphatic rings. The quantitative estimate of drug-likeness (QED) is 0.856. The third-order valence-electron chi connectivity index (χ3n) is 3.21. The number of rotatable bonds is 3. The van der Waals surface area contributed by atoms with E-state index in [0.29, 0.717) is 23.1 Å². The molecule has 1 amide bonds. The lowest BCUT2D eigenvalue weighted by molar-refractivity contribution is -0.118. The Morgan fingerprint density at radius 2 is 2.24 bits per heavy atom. The summed E-state index contributed by atoms with van der Waals surface area (Å²) >= 11 is 5.83. The van der Waals surface area contributed by atoms with Crippen molar-refractivity contribution in [3.05, 3.63) is 46.7 Å². The number of fused-ring (bicyclic) bond motifs is 1. The highest BCUT2D eigenvalue weighted by atomic mass is 35.5. The maximum absolute atomic E-state index is 11.3. The Hall–Kier alpha value is -2.27. The molecule has 3 rings (SSSR count). The summed E-state index contributed by atoms with van der Waals surface area (Å²) in [5, 5.41) is 6.57. The zero-order valence-corrected chi connectivity index (χ0v) is 12.2. The Labute approximate surface area is 127 Å². The molecule has 108 valence electrons. The van der Waals surface area contributed by atoms with Crippen LogP contribution in [0, 0.1) is 6.92 Å². The molecule has 2 N–H and O–H groups in total. The highest BCUT2D eigenvalue weighted by Gasteiger charge is 2.15. The van der Waals surface area contributed by atoms with Crippen molar-refractivity contribution in [1.29, 1.82) is 0 Å². The molecule has 0 unspecified atom stereocenters. The summed E-state index contributed by atoms with van der Waals surface area (Å²) < 4.78 is 5.33. The fourth-order valence-electron chi connectivity index (χ4n) is 2.15. The molecule has 6 heteroatoms. The summed E-state index contributed by atoms with van der Waals surface area (Å²) in [5.74, 6) is 0.563. The number of hydrogen-bond donors (Lipinski definition) is 2. The number of ether oxygens (including phenoxy) is 1. The normalized spacial score (nSPS) is 13.1. The van der Waals surface area contributed by atoms with Crippen LogP contribution in [-0.4, -0.2) is 17.5 Å². The SMILES string of the molecule is Cc1nc(Cl)ccc1NCc1ccc2c(c1)NC(=O)CO2. The van der Waals surface area contributed by atoms with Crippen molar-refractivity contribution in [3.63, 3.8) is 0 Å². The first kappa shape index (κ1) is 13.7. The smallest absolute Gasteiger partial charge is 0.262 e. The fourth-order valence-corrected chi connectivity index (χ4v) is 2.34. The molecule has 0 spiro atoms. The number of nitrogens with one attached hydrogen (secondary N) is 2. The molecule has 5 nitrogen and oxygen atoms in total. The average Bonchev–Trinajstić information content (AvgIpc) is 2.46. The second-order valence-corrected chi connectivity index (χ2v) is 5.18. The number of carbonyl (C=O) groups excluding carboxylic acids is 1. The highest BCUT2D eigenvalue weighted by Crippen LogP contribution is 2.28. The molecule has 0 fully saturated rings. The molecule has 0 saturated carbocycles. The van der Waals surface area contributed by atoms with Gasteiger partial charge < -0.3 is 15.4 Å². The van der Waals surface area contributed by atoms with Crippen LogP contribution in [0.5, 0.6) is 5.75 Å². The van der Waals surface area contributed by atoms with Crippen LogP contribution in [0.3, 0.4) is 0 Å². The minimum absolute atomic E-state index is 0.0697. The predicted octanol–water partition coefficient (Wildman–Crippen LogP) is 2.99. The van der Waals surface area contributed by atoms with Gasteiger partial charge in [0.15, 0.2) is 6.61 Å². The van der Waals surface area contributed by atoms with Gasteiger partial charge in [0, 0.05) is 6.54 Å². The Morgan fingerprint density at radius 1 is 1.38 bits per heavy atom. The molecule has 0 saturated heterocycles. The van der Waals surface area contributed by atoms with Gasteiger partial charge >= 0.3 is 0 Å². The summed E-state index contributed by atoms with van der Waals surface area (Å²) in [6.07, 6.45) is 0. The van der Waals surface area contributed by atoms with E-state index in [1.807, 2.05) is 31.2 Å². The van der Waals surface area contributed by atoms with E-state index in [-0.39, 0.29) is 12.5 Å². The van der Waals surface area contributed by atoms with Gasteiger partial charge in [0.05, 0.1) is 17.1 Å². The van der Waals surface area contributed by atoms with Crippen LogP contribution in [0.2, 0.25) is 5.15 Å². The maximum Gasteiger partial charge on any atom is 0.262 e. The van der Waals surface area contributed by atoms with Gasteiger partial charge in [-0.25, -0.2) is 4.98 Å². The molecule has 0 bridgehead atoms. The molecule has 1 aromatic carbocycles. The van der Waals surface area contributed by atoms with Crippen LogP contribution in [0.15, 0.2) is 30.3 Å². The van der Waals surface area contributed by atoms with Gasteiger partial charge in [-0.05, 0) is 36.8 Å². The maximum atomic E-state index is 11.3. The van der Waals surface area contributed by atoms with E-state index < -0.39 is 0 Å². The van der Waals surface area contributed by atoms with Gasteiger partial charge in [0.25, 0.3) is 5.91 Å². The van der Waals surface area contributed by atoms with Crippen molar-refractivity contribution in [2.24, 2.45) is 0 Å². The topological polar surface area (TPSA) is 63.2 Å². The lowest BCUT2D eigenvalue weighted by atomic mass is 10.1. The highest BCUT2D eigenvalue weighted by molar-refractivity contribution is 6.29. The van der Waals surface area contributed by atoms with Gasteiger partial charge in [-0.2, -0.15) is 0 Å². The number of aromatic nitrogens is 1. The van der Waals surface area contributed by atoms with Crippen molar-refractivity contribution in [2.75, 3.05) is 17.2 Å². The van der Waals surface area contributed by atoms with Crippen molar-refractivity contribution in [2.45, 2.75) is 13.5 Å². The first-order valence-corrected chi connectivity index (χ1v) is 6.92. The first-order chi connectivity index (χ1) is 10.1. The average molecular weight is 304 g/mol. The lowest BCUT2D eigenvalue weighted by Gasteiger charge is -2.18. The summed E-state index contributed by atoms with van der Waals surface area (Å²) in [6.45, 7) is 2.59. The number of benzene rings is 1. The monoisotopic (exact) mass is 303 g/mol. The number of amides is 1. The first-order valence-electron chi connectivity index (χ1n) is 6.54. The summed E-state index contributed by atoms with van der Waals surface area (Å²) in [5.41, 5.74) is 3.51. The molecule has 0 aliphatic carbocycles.